The van der Waals surface area contributed by atoms with Crippen molar-refractivity contribution in [1.82, 2.24) is 25.1 Å². The Labute approximate surface area is 126 Å². The average molecular weight is 287 g/mol. The van der Waals surface area contributed by atoms with Crippen molar-refractivity contribution >= 4 is 0 Å². The number of hydrogen-bond acceptors (Lipinski definition) is 4. The van der Waals surface area contributed by atoms with Crippen LogP contribution in [-0.2, 0) is 12.8 Å². The number of nitrogens with zero attached hydrogens (tertiary/aromatic N) is 4. The molecule has 21 heavy (non-hydrogen) atoms. The standard InChI is InChI=1S/C16H25N5/c1-4-7-18-15(10-14-5-8-17-9-6-14)11-16-19-12-20-21(16)13(2)3/h5-6,8-9,12-13,15,18H,4,7,10-11H2,1-3H3. The summed E-state index contributed by atoms with van der Waals surface area (Å²) in [7, 11) is 0. The van der Waals surface area contributed by atoms with E-state index in [2.05, 4.69) is 53.3 Å². The lowest BCUT2D eigenvalue weighted by Gasteiger charge is -2.19. The fourth-order valence-corrected chi connectivity index (χ4v) is 2.44. The van der Waals surface area contributed by atoms with E-state index >= 15 is 0 Å². The van der Waals surface area contributed by atoms with Gasteiger partial charge in [0.25, 0.3) is 0 Å². The molecule has 0 amide bonds. The Morgan fingerprint density at radius 1 is 1.19 bits per heavy atom. The van der Waals surface area contributed by atoms with Gasteiger partial charge in [-0.25, -0.2) is 9.67 Å². The summed E-state index contributed by atoms with van der Waals surface area (Å²) in [4.78, 5) is 8.51. The van der Waals surface area contributed by atoms with E-state index in [0.29, 0.717) is 12.1 Å². The van der Waals surface area contributed by atoms with Gasteiger partial charge in [0.1, 0.15) is 12.2 Å². The normalized spacial score (nSPS) is 12.8. The van der Waals surface area contributed by atoms with Crippen LogP contribution < -0.4 is 5.32 Å². The molecule has 1 atom stereocenters. The van der Waals surface area contributed by atoms with Gasteiger partial charge in [-0.3, -0.25) is 4.98 Å². The highest BCUT2D eigenvalue weighted by molar-refractivity contribution is 5.12. The minimum Gasteiger partial charge on any atom is -0.313 e. The van der Waals surface area contributed by atoms with Crippen molar-refractivity contribution in [2.45, 2.75) is 52.1 Å². The number of nitrogens with one attached hydrogen (secondary N) is 1. The van der Waals surface area contributed by atoms with Crippen LogP contribution in [0.4, 0.5) is 0 Å². The van der Waals surface area contributed by atoms with Crippen LogP contribution in [0, 0.1) is 0 Å². The lowest BCUT2D eigenvalue weighted by atomic mass is 10.0. The second kappa shape index (κ2) is 7.88. The van der Waals surface area contributed by atoms with Crippen molar-refractivity contribution in [1.29, 1.82) is 0 Å². The monoisotopic (exact) mass is 287 g/mol. The third kappa shape index (κ3) is 4.63. The van der Waals surface area contributed by atoms with E-state index < -0.39 is 0 Å². The van der Waals surface area contributed by atoms with E-state index in [0.717, 1.165) is 31.6 Å². The van der Waals surface area contributed by atoms with Gasteiger partial charge in [-0.1, -0.05) is 6.92 Å². The van der Waals surface area contributed by atoms with Crippen LogP contribution in [0.25, 0.3) is 0 Å². The molecule has 0 aliphatic carbocycles. The van der Waals surface area contributed by atoms with Gasteiger partial charge in [-0.15, -0.1) is 0 Å². The van der Waals surface area contributed by atoms with E-state index in [4.69, 9.17) is 0 Å². The predicted octanol–water partition coefficient (Wildman–Crippen LogP) is 2.41. The van der Waals surface area contributed by atoms with Crippen molar-refractivity contribution in [3.63, 3.8) is 0 Å². The topological polar surface area (TPSA) is 55.6 Å². The minimum absolute atomic E-state index is 0.343. The SMILES string of the molecule is CCCNC(Cc1ccncc1)Cc1ncnn1C(C)C. The first kappa shape index (κ1) is 15.6. The van der Waals surface area contributed by atoms with Gasteiger partial charge >= 0.3 is 0 Å². The number of pyridine rings is 1. The van der Waals surface area contributed by atoms with E-state index in [1.165, 1.54) is 5.56 Å². The zero-order valence-corrected chi connectivity index (χ0v) is 13.2. The molecule has 0 fully saturated rings. The van der Waals surface area contributed by atoms with Gasteiger partial charge in [0.2, 0.25) is 0 Å². The fraction of sp³-hybridized carbons (Fsp3) is 0.562. The smallest absolute Gasteiger partial charge is 0.138 e. The maximum atomic E-state index is 4.43. The maximum absolute atomic E-state index is 4.43. The van der Waals surface area contributed by atoms with Crippen molar-refractivity contribution in [3.05, 3.63) is 42.2 Å². The molecule has 2 rings (SSSR count). The molecule has 114 valence electrons. The summed E-state index contributed by atoms with van der Waals surface area (Å²) in [5, 5.41) is 7.94. The molecule has 0 saturated carbocycles. The highest BCUT2D eigenvalue weighted by Crippen LogP contribution is 2.10. The second-order valence-corrected chi connectivity index (χ2v) is 5.63. The van der Waals surface area contributed by atoms with Crippen LogP contribution in [0.5, 0.6) is 0 Å². The largest absolute Gasteiger partial charge is 0.313 e. The molecular weight excluding hydrogens is 262 g/mol. The molecular formula is C16H25N5. The molecule has 5 heteroatoms. The molecule has 1 N–H and O–H groups in total. The summed E-state index contributed by atoms with van der Waals surface area (Å²) in [5.74, 6) is 1.05. The highest BCUT2D eigenvalue weighted by Gasteiger charge is 2.15. The number of rotatable bonds is 8. The van der Waals surface area contributed by atoms with E-state index in [1.807, 2.05) is 17.1 Å². The maximum Gasteiger partial charge on any atom is 0.138 e. The Hall–Kier alpha value is -1.75. The molecule has 2 aromatic rings. The molecule has 2 aromatic heterocycles. The number of aromatic nitrogens is 4. The van der Waals surface area contributed by atoms with Crippen LogP contribution in [0.3, 0.4) is 0 Å². The molecule has 0 spiro atoms. The summed E-state index contributed by atoms with van der Waals surface area (Å²) in [5.41, 5.74) is 1.30. The van der Waals surface area contributed by atoms with Gasteiger partial charge in [-0.05, 0) is 50.9 Å². The van der Waals surface area contributed by atoms with E-state index in [-0.39, 0.29) is 0 Å². The Balaban J connectivity index is 2.07. The third-order valence-electron chi connectivity index (χ3n) is 3.48. The van der Waals surface area contributed by atoms with Gasteiger partial charge in [-0.2, -0.15) is 5.10 Å². The molecule has 0 bridgehead atoms. The zero-order chi connectivity index (χ0) is 15.1. The third-order valence-corrected chi connectivity index (χ3v) is 3.48. The molecule has 0 radical (unpaired) electrons. The van der Waals surface area contributed by atoms with Crippen LogP contribution >= 0.6 is 0 Å². The summed E-state index contributed by atoms with van der Waals surface area (Å²) in [6.45, 7) is 7.48. The second-order valence-electron chi connectivity index (χ2n) is 5.63. The quantitative estimate of drug-likeness (QED) is 0.810. The Morgan fingerprint density at radius 2 is 1.95 bits per heavy atom. The van der Waals surface area contributed by atoms with Crippen molar-refractivity contribution in [2.24, 2.45) is 0 Å². The molecule has 0 aromatic carbocycles. The zero-order valence-electron chi connectivity index (χ0n) is 13.2. The van der Waals surface area contributed by atoms with E-state index in [1.54, 1.807) is 6.33 Å². The molecule has 1 unspecified atom stereocenters. The summed E-state index contributed by atoms with van der Waals surface area (Å²) in [6, 6.07) is 4.87. The highest BCUT2D eigenvalue weighted by atomic mass is 15.3. The average Bonchev–Trinajstić information content (AvgIpc) is 2.94. The van der Waals surface area contributed by atoms with Gasteiger partial charge < -0.3 is 5.32 Å². The first-order valence-electron chi connectivity index (χ1n) is 7.71. The first-order valence-corrected chi connectivity index (χ1v) is 7.71. The molecule has 0 aliphatic rings. The van der Waals surface area contributed by atoms with Gasteiger partial charge in [0, 0.05) is 30.9 Å². The molecule has 0 aliphatic heterocycles. The van der Waals surface area contributed by atoms with Crippen molar-refractivity contribution < 1.29 is 0 Å². The van der Waals surface area contributed by atoms with Crippen LogP contribution in [-0.4, -0.2) is 32.3 Å². The first-order chi connectivity index (χ1) is 10.2. The Bertz CT molecular complexity index is 520. The van der Waals surface area contributed by atoms with Crippen molar-refractivity contribution in [3.8, 4) is 0 Å². The predicted molar refractivity (Wildman–Crippen MR) is 84.1 cm³/mol. The van der Waals surface area contributed by atoms with Gasteiger partial charge in [0.05, 0.1) is 0 Å². The van der Waals surface area contributed by atoms with Crippen molar-refractivity contribution in [2.75, 3.05) is 6.54 Å². The minimum atomic E-state index is 0.343. The molecule has 2 heterocycles. The number of hydrogen-bond donors (Lipinski definition) is 1. The molecule has 0 saturated heterocycles. The Kier molecular flexibility index (Phi) is 5.87. The summed E-state index contributed by atoms with van der Waals surface area (Å²) < 4.78 is 2.01. The van der Waals surface area contributed by atoms with E-state index in [9.17, 15) is 0 Å². The molecule has 5 nitrogen and oxygen atoms in total. The lowest BCUT2D eigenvalue weighted by molar-refractivity contribution is 0.452. The summed E-state index contributed by atoms with van der Waals surface area (Å²) in [6.07, 6.45) is 8.35. The van der Waals surface area contributed by atoms with Crippen LogP contribution in [0.1, 0.15) is 44.6 Å². The Morgan fingerprint density at radius 3 is 2.62 bits per heavy atom. The van der Waals surface area contributed by atoms with Crippen LogP contribution in [0.15, 0.2) is 30.9 Å². The lowest BCUT2D eigenvalue weighted by Crippen LogP contribution is -2.35. The fourth-order valence-electron chi connectivity index (χ4n) is 2.44. The van der Waals surface area contributed by atoms with Crippen LogP contribution in [0.2, 0.25) is 0 Å². The summed E-state index contributed by atoms with van der Waals surface area (Å²) >= 11 is 0. The van der Waals surface area contributed by atoms with Gasteiger partial charge in [0.15, 0.2) is 0 Å².